The van der Waals surface area contributed by atoms with Gasteiger partial charge in [-0.05, 0) is 73.7 Å². The van der Waals surface area contributed by atoms with Gasteiger partial charge in [0.05, 0.1) is 5.69 Å². The lowest BCUT2D eigenvalue weighted by molar-refractivity contribution is 0.176. The van der Waals surface area contributed by atoms with Crippen molar-refractivity contribution in [3.8, 4) is 0 Å². The number of benzene rings is 1. The molecule has 1 unspecified atom stereocenters. The maximum atomic E-state index is 13.9. The van der Waals surface area contributed by atoms with Gasteiger partial charge in [0.25, 0.3) is 0 Å². The average molecular weight is 361 g/mol. The second-order valence-corrected chi connectivity index (χ2v) is 6.71. The van der Waals surface area contributed by atoms with Crippen LogP contribution in [0.4, 0.5) is 14.5 Å². The first kappa shape index (κ1) is 16.7. The number of likely N-dealkylation sites (tertiary alicyclic amines) is 1. The van der Waals surface area contributed by atoms with E-state index in [1.165, 1.54) is 12.5 Å². The highest BCUT2D eigenvalue weighted by Gasteiger charge is 2.24. The summed E-state index contributed by atoms with van der Waals surface area (Å²) in [5, 5.41) is 3.22. The lowest BCUT2D eigenvalue weighted by Crippen LogP contribution is -2.39. The topological polar surface area (TPSA) is 15.3 Å². The smallest absolute Gasteiger partial charge is 0.150 e. The molecule has 21 heavy (non-hydrogen) atoms. The summed E-state index contributed by atoms with van der Waals surface area (Å²) in [6.45, 7) is 7.66. The maximum Gasteiger partial charge on any atom is 0.150 e. The fourth-order valence-corrected chi connectivity index (χ4v) is 3.54. The van der Waals surface area contributed by atoms with Crippen molar-refractivity contribution in [1.82, 2.24) is 4.90 Å². The van der Waals surface area contributed by atoms with Crippen LogP contribution in [0.2, 0.25) is 0 Å². The van der Waals surface area contributed by atoms with Crippen LogP contribution in [0.3, 0.4) is 0 Å². The molecule has 0 aliphatic carbocycles. The van der Waals surface area contributed by atoms with Crippen LogP contribution in [0.15, 0.2) is 16.6 Å². The Bertz CT molecular complexity index is 450. The molecule has 1 N–H and O–H groups in total. The van der Waals surface area contributed by atoms with Gasteiger partial charge in [0.1, 0.15) is 11.6 Å². The molecule has 1 aromatic carbocycles. The van der Waals surface area contributed by atoms with E-state index in [1.807, 2.05) is 0 Å². The monoisotopic (exact) mass is 360 g/mol. The Morgan fingerprint density at radius 1 is 1.33 bits per heavy atom. The number of nitrogens with zero attached hydrogens (tertiary/aromatic N) is 1. The summed E-state index contributed by atoms with van der Waals surface area (Å²) in [7, 11) is 0. The number of hydrogen-bond donors (Lipinski definition) is 1. The van der Waals surface area contributed by atoms with Crippen molar-refractivity contribution in [1.29, 1.82) is 0 Å². The Balaban J connectivity index is 1.95. The van der Waals surface area contributed by atoms with Crippen LogP contribution in [-0.4, -0.2) is 30.6 Å². The van der Waals surface area contributed by atoms with E-state index in [0.29, 0.717) is 16.1 Å². The highest BCUT2D eigenvalue weighted by atomic mass is 79.9. The quantitative estimate of drug-likeness (QED) is 0.821. The minimum Gasteiger partial charge on any atom is -0.379 e. The Hall–Kier alpha value is -0.680. The van der Waals surface area contributed by atoms with Gasteiger partial charge in [-0.2, -0.15) is 0 Å². The van der Waals surface area contributed by atoms with E-state index >= 15 is 0 Å². The molecule has 2 rings (SSSR count). The van der Waals surface area contributed by atoms with Crippen molar-refractivity contribution in [2.45, 2.75) is 39.2 Å². The maximum absolute atomic E-state index is 13.9. The van der Waals surface area contributed by atoms with Crippen LogP contribution < -0.4 is 5.32 Å². The van der Waals surface area contributed by atoms with Crippen molar-refractivity contribution >= 4 is 21.6 Å². The van der Waals surface area contributed by atoms with Gasteiger partial charge in [0.2, 0.25) is 0 Å². The van der Waals surface area contributed by atoms with Crippen molar-refractivity contribution < 1.29 is 8.78 Å². The summed E-state index contributed by atoms with van der Waals surface area (Å²) in [4.78, 5) is 2.48. The number of hydrogen-bond acceptors (Lipinski definition) is 2. The van der Waals surface area contributed by atoms with Gasteiger partial charge in [-0.25, -0.2) is 8.78 Å². The number of anilines is 1. The average Bonchev–Trinajstić information content (AvgIpc) is 2.43. The van der Waals surface area contributed by atoms with Gasteiger partial charge >= 0.3 is 0 Å². The Kier molecular flexibility index (Phi) is 5.99. The van der Waals surface area contributed by atoms with E-state index in [2.05, 4.69) is 40.0 Å². The second-order valence-electron chi connectivity index (χ2n) is 5.86. The third-order valence-corrected chi connectivity index (χ3v) is 4.88. The van der Waals surface area contributed by atoms with Crippen LogP contribution >= 0.6 is 15.9 Å². The molecule has 1 aliphatic rings. The minimum atomic E-state index is -0.564. The predicted molar refractivity (Wildman–Crippen MR) is 86.6 cm³/mol. The van der Waals surface area contributed by atoms with E-state index in [-0.39, 0.29) is 6.04 Å². The number of piperidine rings is 1. The van der Waals surface area contributed by atoms with Crippen molar-refractivity contribution in [2.24, 2.45) is 5.92 Å². The zero-order chi connectivity index (χ0) is 15.4. The Morgan fingerprint density at radius 3 is 2.57 bits per heavy atom. The van der Waals surface area contributed by atoms with E-state index in [1.54, 1.807) is 0 Å². The van der Waals surface area contributed by atoms with Gasteiger partial charge in [0, 0.05) is 16.6 Å². The van der Waals surface area contributed by atoms with Crippen LogP contribution in [-0.2, 0) is 0 Å². The van der Waals surface area contributed by atoms with Crippen molar-refractivity contribution in [3.05, 3.63) is 28.2 Å². The second kappa shape index (κ2) is 7.54. The van der Waals surface area contributed by atoms with Crippen LogP contribution in [0, 0.1) is 17.6 Å². The summed E-state index contributed by atoms with van der Waals surface area (Å²) in [5.74, 6) is -0.586. The molecule has 1 aromatic rings. The van der Waals surface area contributed by atoms with E-state index < -0.39 is 11.6 Å². The first-order valence-corrected chi connectivity index (χ1v) is 8.44. The highest BCUT2D eigenvalue weighted by molar-refractivity contribution is 9.10. The molecular weight excluding hydrogens is 338 g/mol. The molecule has 0 bridgehead atoms. The van der Waals surface area contributed by atoms with Gasteiger partial charge < -0.3 is 10.2 Å². The van der Waals surface area contributed by atoms with Gasteiger partial charge in [0.15, 0.2) is 0 Å². The first-order chi connectivity index (χ1) is 10.0. The molecule has 118 valence electrons. The normalized spacial score (nSPS) is 18.7. The molecule has 0 saturated carbocycles. The molecule has 0 amide bonds. The van der Waals surface area contributed by atoms with Crippen LogP contribution in [0.1, 0.15) is 33.1 Å². The molecule has 1 heterocycles. The van der Waals surface area contributed by atoms with E-state index in [9.17, 15) is 8.78 Å². The Labute approximate surface area is 134 Å². The minimum absolute atomic E-state index is 0.171. The van der Waals surface area contributed by atoms with Gasteiger partial charge in [-0.1, -0.05) is 6.92 Å². The lowest BCUT2D eigenvalue weighted by atomic mass is 9.90. The third kappa shape index (κ3) is 4.39. The summed E-state index contributed by atoms with van der Waals surface area (Å²) in [5.41, 5.74) is 0.361. The first-order valence-electron chi connectivity index (χ1n) is 7.64. The van der Waals surface area contributed by atoms with Crippen LogP contribution in [0.25, 0.3) is 0 Å². The number of halogens is 3. The fraction of sp³-hybridized carbons (Fsp3) is 0.625. The SMILES string of the molecule is CCCN1CCC(C(C)Nc2c(F)cc(F)cc2Br)CC1. The number of nitrogens with one attached hydrogen (secondary N) is 1. The molecule has 0 radical (unpaired) electrons. The zero-order valence-electron chi connectivity index (χ0n) is 12.6. The molecule has 1 aliphatic heterocycles. The van der Waals surface area contributed by atoms with Crippen molar-refractivity contribution in [3.63, 3.8) is 0 Å². The molecule has 1 saturated heterocycles. The molecular formula is C16H23BrF2N2. The highest BCUT2D eigenvalue weighted by Crippen LogP contribution is 2.30. The summed E-state index contributed by atoms with van der Waals surface area (Å²) >= 11 is 3.23. The molecule has 2 nitrogen and oxygen atoms in total. The summed E-state index contributed by atoms with van der Waals surface area (Å²) < 4.78 is 27.4. The molecule has 0 spiro atoms. The van der Waals surface area contributed by atoms with Gasteiger partial charge in [-0.15, -0.1) is 0 Å². The lowest BCUT2D eigenvalue weighted by Gasteiger charge is -2.35. The van der Waals surface area contributed by atoms with Crippen molar-refractivity contribution in [2.75, 3.05) is 25.0 Å². The molecule has 1 fully saturated rings. The summed E-state index contributed by atoms with van der Waals surface area (Å²) in [6.07, 6.45) is 3.43. The van der Waals surface area contributed by atoms with E-state index in [4.69, 9.17) is 0 Å². The largest absolute Gasteiger partial charge is 0.379 e. The molecule has 1 atom stereocenters. The van der Waals surface area contributed by atoms with E-state index in [0.717, 1.165) is 38.5 Å². The number of rotatable bonds is 5. The van der Waals surface area contributed by atoms with Gasteiger partial charge in [-0.3, -0.25) is 0 Å². The molecule has 5 heteroatoms. The fourth-order valence-electron chi connectivity index (χ4n) is 3.02. The standard InChI is InChI=1S/C16H23BrF2N2/c1-3-6-21-7-4-12(5-8-21)11(2)20-16-14(17)9-13(18)10-15(16)19/h9-12,20H,3-8H2,1-2H3. The molecule has 0 aromatic heterocycles. The third-order valence-electron chi connectivity index (χ3n) is 4.26. The van der Waals surface area contributed by atoms with Crippen LogP contribution in [0.5, 0.6) is 0 Å². The predicted octanol–water partition coefficient (Wildman–Crippen LogP) is 4.65. The summed E-state index contributed by atoms with van der Waals surface area (Å²) in [6, 6.07) is 2.39. The zero-order valence-corrected chi connectivity index (χ0v) is 14.2. The Morgan fingerprint density at radius 2 is 2.00 bits per heavy atom.